The number of hydrogen-bond donors (Lipinski definition) is 2. The lowest BCUT2D eigenvalue weighted by Crippen LogP contribution is -2.34. The highest BCUT2D eigenvalue weighted by atomic mass is 16.3. The topological polar surface area (TPSA) is 32.3 Å². The highest BCUT2D eigenvalue weighted by Crippen LogP contribution is 2.44. The molecule has 12 heavy (non-hydrogen) atoms. The first-order valence-corrected chi connectivity index (χ1v) is 5.24. The average Bonchev–Trinajstić information content (AvgIpc) is 2.65. The van der Waals surface area contributed by atoms with Gasteiger partial charge in [-0.1, -0.05) is 6.42 Å². The van der Waals surface area contributed by atoms with E-state index in [2.05, 4.69) is 5.32 Å². The van der Waals surface area contributed by atoms with Crippen LogP contribution in [0.5, 0.6) is 0 Å². The summed E-state index contributed by atoms with van der Waals surface area (Å²) < 4.78 is 0. The van der Waals surface area contributed by atoms with Crippen molar-refractivity contribution in [1.29, 1.82) is 0 Å². The van der Waals surface area contributed by atoms with Gasteiger partial charge in [0.1, 0.15) is 0 Å². The number of hydrogen-bond acceptors (Lipinski definition) is 2. The summed E-state index contributed by atoms with van der Waals surface area (Å²) in [7, 11) is 0. The fourth-order valence-corrected chi connectivity index (χ4v) is 2.86. The standard InChI is InChI=1S/C10H19NO/c12-5-1-4-11-10-7-8-2-3-9(10)6-8/h8-12H,1-7H2/t8-,9-,10+/m1/s1. The van der Waals surface area contributed by atoms with Crippen LogP contribution in [-0.2, 0) is 0 Å². The van der Waals surface area contributed by atoms with E-state index >= 15 is 0 Å². The zero-order valence-corrected chi connectivity index (χ0v) is 7.63. The Morgan fingerprint density at radius 3 is 2.75 bits per heavy atom. The lowest BCUT2D eigenvalue weighted by Gasteiger charge is -2.22. The number of fused-ring (bicyclic) bond motifs is 2. The maximum atomic E-state index is 8.63. The second-order valence-corrected chi connectivity index (χ2v) is 4.31. The van der Waals surface area contributed by atoms with Gasteiger partial charge < -0.3 is 10.4 Å². The normalized spacial score (nSPS) is 39.2. The van der Waals surface area contributed by atoms with Crippen molar-refractivity contribution in [3.8, 4) is 0 Å². The van der Waals surface area contributed by atoms with Crippen LogP contribution >= 0.6 is 0 Å². The summed E-state index contributed by atoms with van der Waals surface area (Å²) in [6, 6.07) is 0.787. The van der Waals surface area contributed by atoms with E-state index in [9.17, 15) is 0 Å². The molecule has 2 nitrogen and oxygen atoms in total. The zero-order valence-electron chi connectivity index (χ0n) is 7.63. The van der Waals surface area contributed by atoms with E-state index in [1.165, 1.54) is 25.7 Å². The van der Waals surface area contributed by atoms with E-state index in [0.29, 0.717) is 6.61 Å². The van der Waals surface area contributed by atoms with Crippen LogP contribution in [0.4, 0.5) is 0 Å². The Morgan fingerprint density at radius 1 is 1.25 bits per heavy atom. The first-order chi connectivity index (χ1) is 5.90. The Morgan fingerprint density at radius 2 is 2.17 bits per heavy atom. The van der Waals surface area contributed by atoms with Crippen LogP contribution in [0.2, 0.25) is 0 Å². The van der Waals surface area contributed by atoms with Crippen LogP contribution in [0.3, 0.4) is 0 Å². The lowest BCUT2D eigenvalue weighted by molar-refractivity contribution is 0.274. The molecular formula is C10H19NO. The van der Waals surface area contributed by atoms with E-state index in [4.69, 9.17) is 5.11 Å². The Balaban J connectivity index is 1.69. The Bertz CT molecular complexity index is 149. The molecule has 0 aromatic heterocycles. The molecule has 0 amide bonds. The van der Waals surface area contributed by atoms with Crippen molar-refractivity contribution >= 4 is 0 Å². The Kier molecular flexibility index (Phi) is 2.66. The van der Waals surface area contributed by atoms with Gasteiger partial charge in [0.2, 0.25) is 0 Å². The van der Waals surface area contributed by atoms with Gasteiger partial charge in [0.05, 0.1) is 0 Å². The third-order valence-electron chi connectivity index (χ3n) is 3.48. The minimum absolute atomic E-state index is 0.327. The second-order valence-electron chi connectivity index (χ2n) is 4.31. The molecule has 2 rings (SSSR count). The third kappa shape index (κ3) is 1.64. The van der Waals surface area contributed by atoms with Gasteiger partial charge in [-0.05, 0) is 44.1 Å². The van der Waals surface area contributed by atoms with Gasteiger partial charge in [-0.25, -0.2) is 0 Å². The summed E-state index contributed by atoms with van der Waals surface area (Å²) in [5.41, 5.74) is 0. The maximum absolute atomic E-state index is 8.63. The van der Waals surface area contributed by atoms with Crippen molar-refractivity contribution in [2.75, 3.05) is 13.2 Å². The van der Waals surface area contributed by atoms with Crippen LogP contribution in [0.1, 0.15) is 32.1 Å². The predicted octanol–water partition coefficient (Wildman–Crippen LogP) is 1.15. The van der Waals surface area contributed by atoms with Crippen LogP contribution < -0.4 is 5.32 Å². The van der Waals surface area contributed by atoms with Crippen LogP contribution in [0, 0.1) is 11.8 Å². The van der Waals surface area contributed by atoms with E-state index in [1.54, 1.807) is 0 Å². The first-order valence-electron chi connectivity index (χ1n) is 5.24. The molecule has 0 unspecified atom stereocenters. The molecule has 0 aromatic rings. The van der Waals surface area contributed by atoms with Gasteiger partial charge in [0, 0.05) is 12.6 Å². The molecule has 2 saturated carbocycles. The fourth-order valence-electron chi connectivity index (χ4n) is 2.86. The summed E-state index contributed by atoms with van der Waals surface area (Å²) in [6.45, 7) is 1.33. The second kappa shape index (κ2) is 3.75. The number of aliphatic hydroxyl groups excluding tert-OH is 1. The summed E-state index contributed by atoms with van der Waals surface area (Å²) in [5.74, 6) is 2.00. The van der Waals surface area contributed by atoms with Crippen molar-refractivity contribution in [1.82, 2.24) is 5.32 Å². The molecule has 0 aliphatic heterocycles. The van der Waals surface area contributed by atoms with Gasteiger partial charge in [0.15, 0.2) is 0 Å². The summed E-state index contributed by atoms with van der Waals surface area (Å²) >= 11 is 0. The van der Waals surface area contributed by atoms with Crippen molar-refractivity contribution in [2.24, 2.45) is 11.8 Å². The minimum Gasteiger partial charge on any atom is -0.396 e. The summed E-state index contributed by atoms with van der Waals surface area (Å²) in [5, 5.41) is 12.2. The molecule has 2 N–H and O–H groups in total. The molecule has 2 aliphatic carbocycles. The predicted molar refractivity (Wildman–Crippen MR) is 48.9 cm³/mol. The molecule has 2 bridgehead atoms. The molecule has 0 spiro atoms. The molecule has 0 radical (unpaired) electrons. The van der Waals surface area contributed by atoms with Gasteiger partial charge in [-0.15, -0.1) is 0 Å². The van der Waals surface area contributed by atoms with Crippen LogP contribution in [-0.4, -0.2) is 24.3 Å². The smallest absolute Gasteiger partial charge is 0.0443 e. The monoisotopic (exact) mass is 169 g/mol. The molecule has 70 valence electrons. The van der Waals surface area contributed by atoms with Crippen molar-refractivity contribution < 1.29 is 5.11 Å². The third-order valence-corrected chi connectivity index (χ3v) is 3.48. The molecule has 2 fully saturated rings. The first kappa shape index (κ1) is 8.52. The van der Waals surface area contributed by atoms with Gasteiger partial charge in [-0.2, -0.15) is 0 Å². The average molecular weight is 169 g/mol. The maximum Gasteiger partial charge on any atom is 0.0443 e. The van der Waals surface area contributed by atoms with Gasteiger partial charge in [-0.3, -0.25) is 0 Å². The molecule has 3 atom stereocenters. The lowest BCUT2D eigenvalue weighted by atomic mass is 9.95. The molecule has 0 aromatic carbocycles. The molecular weight excluding hydrogens is 150 g/mol. The minimum atomic E-state index is 0.327. The van der Waals surface area contributed by atoms with E-state index in [-0.39, 0.29) is 0 Å². The zero-order chi connectivity index (χ0) is 8.39. The molecule has 2 aliphatic rings. The fraction of sp³-hybridized carbons (Fsp3) is 1.00. The Hall–Kier alpha value is -0.0800. The van der Waals surface area contributed by atoms with Crippen molar-refractivity contribution in [2.45, 2.75) is 38.1 Å². The highest BCUT2D eigenvalue weighted by Gasteiger charge is 2.38. The van der Waals surface area contributed by atoms with Crippen molar-refractivity contribution in [3.63, 3.8) is 0 Å². The van der Waals surface area contributed by atoms with Crippen LogP contribution in [0.15, 0.2) is 0 Å². The van der Waals surface area contributed by atoms with E-state index in [1.807, 2.05) is 0 Å². The van der Waals surface area contributed by atoms with Crippen molar-refractivity contribution in [3.05, 3.63) is 0 Å². The number of aliphatic hydroxyl groups is 1. The van der Waals surface area contributed by atoms with Gasteiger partial charge in [0.25, 0.3) is 0 Å². The van der Waals surface area contributed by atoms with Crippen LogP contribution in [0.25, 0.3) is 0 Å². The Labute approximate surface area is 74.4 Å². The summed E-state index contributed by atoms with van der Waals surface area (Å²) in [6.07, 6.45) is 6.70. The number of rotatable bonds is 4. The van der Waals surface area contributed by atoms with E-state index < -0.39 is 0 Å². The van der Waals surface area contributed by atoms with Gasteiger partial charge >= 0.3 is 0 Å². The van der Waals surface area contributed by atoms with E-state index in [0.717, 1.165) is 30.8 Å². The quantitative estimate of drug-likeness (QED) is 0.619. The molecule has 2 heteroatoms. The highest BCUT2D eigenvalue weighted by molar-refractivity contribution is 4.93. The molecule has 0 heterocycles. The SMILES string of the molecule is OCCCN[C@H]1C[C@@H]2CC[C@@H]1C2. The number of nitrogens with one attached hydrogen (secondary N) is 1. The summed E-state index contributed by atoms with van der Waals surface area (Å²) in [4.78, 5) is 0. The largest absolute Gasteiger partial charge is 0.396 e. The molecule has 0 saturated heterocycles.